The highest BCUT2D eigenvalue weighted by atomic mass is 16.5. The average Bonchev–Trinajstić information content (AvgIpc) is 2.74. The van der Waals surface area contributed by atoms with Crippen molar-refractivity contribution < 1.29 is 9.53 Å². The van der Waals surface area contributed by atoms with Gasteiger partial charge in [0.15, 0.2) is 0 Å². The van der Waals surface area contributed by atoms with Gasteiger partial charge >= 0.3 is 5.97 Å². The van der Waals surface area contributed by atoms with Crippen LogP contribution < -0.4 is 5.32 Å². The van der Waals surface area contributed by atoms with E-state index in [-0.39, 0.29) is 11.9 Å². The normalized spacial score (nSPS) is 24.3. The molecule has 1 N–H and O–H groups in total. The first-order valence-electron chi connectivity index (χ1n) is 5.69. The van der Waals surface area contributed by atoms with Crippen LogP contribution in [0.1, 0.15) is 18.9 Å². The van der Waals surface area contributed by atoms with E-state index in [0.717, 1.165) is 18.5 Å². The summed E-state index contributed by atoms with van der Waals surface area (Å²) in [5, 5.41) is 3.25. The van der Waals surface area contributed by atoms with E-state index in [1.54, 1.807) is 0 Å². The molecule has 2 atom stereocenters. The molecule has 0 saturated carbocycles. The first-order chi connectivity index (χ1) is 7.75. The third-order valence-corrected chi connectivity index (χ3v) is 2.91. The van der Waals surface area contributed by atoms with E-state index in [0.29, 0.717) is 12.6 Å². The fourth-order valence-electron chi connectivity index (χ4n) is 1.96. The Morgan fingerprint density at radius 2 is 2.19 bits per heavy atom. The molecule has 3 nitrogen and oxygen atoms in total. The lowest BCUT2D eigenvalue weighted by molar-refractivity contribution is -0.149. The van der Waals surface area contributed by atoms with Crippen molar-refractivity contribution in [2.45, 2.75) is 26.0 Å². The van der Waals surface area contributed by atoms with Gasteiger partial charge in [0.25, 0.3) is 0 Å². The Morgan fingerprint density at radius 3 is 2.81 bits per heavy atom. The summed E-state index contributed by atoms with van der Waals surface area (Å²) >= 11 is 0. The molecule has 0 aromatic heterocycles. The van der Waals surface area contributed by atoms with Crippen molar-refractivity contribution in [1.29, 1.82) is 0 Å². The molecule has 3 heteroatoms. The Hall–Kier alpha value is -1.35. The van der Waals surface area contributed by atoms with Crippen LogP contribution >= 0.6 is 0 Å². The van der Waals surface area contributed by atoms with Gasteiger partial charge in [-0.15, -0.1) is 0 Å². The number of carbonyl (C=O) groups is 1. The van der Waals surface area contributed by atoms with Crippen LogP contribution in [-0.2, 0) is 16.1 Å². The number of esters is 1. The van der Waals surface area contributed by atoms with E-state index >= 15 is 0 Å². The highest BCUT2D eigenvalue weighted by molar-refractivity contribution is 5.73. The van der Waals surface area contributed by atoms with Crippen molar-refractivity contribution in [3.63, 3.8) is 0 Å². The lowest BCUT2D eigenvalue weighted by Gasteiger charge is -2.09. The minimum absolute atomic E-state index is 0.0266. The summed E-state index contributed by atoms with van der Waals surface area (Å²) in [5.41, 5.74) is 1.04. The van der Waals surface area contributed by atoms with E-state index in [2.05, 4.69) is 12.2 Å². The molecule has 1 aliphatic heterocycles. The second-order valence-electron chi connectivity index (χ2n) is 4.34. The molecule has 86 valence electrons. The van der Waals surface area contributed by atoms with Gasteiger partial charge in [-0.1, -0.05) is 30.3 Å². The molecule has 0 radical (unpaired) electrons. The zero-order valence-electron chi connectivity index (χ0n) is 9.48. The lowest BCUT2D eigenvalue weighted by atomic mass is 10.1. The molecule has 1 saturated heterocycles. The molecule has 0 aliphatic carbocycles. The molecular formula is C13H17NO2. The molecule has 16 heavy (non-hydrogen) atoms. The van der Waals surface area contributed by atoms with E-state index in [9.17, 15) is 4.79 Å². The highest BCUT2D eigenvalue weighted by Gasteiger charge is 2.27. The maximum absolute atomic E-state index is 11.7. The van der Waals surface area contributed by atoms with Crippen molar-refractivity contribution >= 4 is 5.97 Å². The minimum Gasteiger partial charge on any atom is -0.461 e. The van der Waals surface area contributed by atoms with Gasteiger partial charge in [-0.05, 0) is 18.9 Å². The molecule has 1 aliphatic rings. The Bertz CT molecular complexity index is 350. The van der Waals surface area contributed by atoms with Gasteiger partial charge < -0.3 is 10.1 Å². The van der Waals surface area contributed by atoms with Crippen LogP contribution in [-0.4, -0.2) is 18.6 Å². The first-order valence-corrected chi connectivity index (χ1v) is 5.69. The average molecular weight is 219 g/mol. The van der Waals surface area contributed by atoms with Gasteiger partial charge in [-0.3, -0.25) is 4.79 Å². The van der Waals surface area contributed by atoms with Gasteiger partial charge in [-0.2, -0.15) is 0 Å². The van der Waals surface area contributed by atoms with E-state index < -0.39 is 0 Å². The second-order valence-corrected chi connectivity index (χ2v) is 4.34. The number of rotatable bonds is 3. The summed E-state index contributed by atoms with van der Waals surface area (Å²) in [4.78, 5) is 11.7. The molecule has 0 amide bonds. The standard InChI is InChI=1S/C13H17NO2/c1-10-7-12(8-14-10)13(15)16-9-11-5-3-2-4-6-11/h2-6,10,12,14H,7-9H2,1H3/t10-,12-/m1/s1. The Labute approximate surface area is 95.8 Å². The fraction of sp³-hybridized carbons (Fsp3) is 0.462. The predicted octanol–water partition coefficient (Wildman–Crippen LogP) is 1.73. The van der Waals surface area contributed by atoms with Crippen LogP contribution in [0.3, 0.4) is 0 Å². The summed E-state index contributed by atoms with van der Waals surface area (Å²) in [6.45, 7) is 3.21. The Morgan fingerprint density at radius 1 is 1.44 bits per heavy atom. The molecule has 1 heterocycles. The largest absolute Gasteiger partial charge is 0.461 e. The molecule has 1 aromatic rings. The fourth-order valence-corrected chi connectivity index (χ4v) is 1.96. The first kappa shape index (κ1) is 11.1. The summed E-state index contributed by atoms with van der Waals surface area (Å²) in [5.74, 6) is -0.0561. The van der Waals surface area contributed by atoms with Crippen molar-refractivity contribution in [3.8, 4) is 0 Å². The van der Waals surface area contributed by atoms with E-state index in [1.807, 2.05) is 30.3 Å². The third-order valence-electron chi connectivity index (χ3n) is 2.91. The van der Waals surface area contributed by atoms with Gasteiger partial charge in [0, 0.05) is 12.6 Å². The van der Waals surface area contributed by atoms with Gasteiger partial charge in [-0.25, -0.2) is 0 Å². The van der Waals surface area contributed by atoms with Crippen molar-refractivity contribution in [2.24, 2.45) is 5.92 Å². The number of hydrogen-bond donors (Lipinski definition) is 1. The van der Waals surface area contributed by atoms with E-state index in [1.165, 1.54) is 0 Å². The second kappa shape index (κ2) is 5.12. The molecule has 2 rings (SSSR count). The van der Waals surface area contributed by atoms with Crippen LogP contribution in [0.4, 0.5) is 0 Å². The number of benzene rings is 1. The Kier molecular flexibility index (Phi) is 3.57. The van der Waals surface area contributed by atoms with E-state index in [4.69, 9.17) is 4.74 Å². The summed E-state index contributed by atoms with van der Waals surface area (Å²) < 4.78 is 5.28. The zero-order valence-corrected chi connectivity index (χ0v) is 9.48. The smallest absolute Gasteiger partial charge is 0.310 e. The van der Waals surface area contributed by atoms with Crippen LogP contribution in [0.2, 0.25) is 0 Å². The molecular weight excluding hydrogens is 202 g/mol. The molecule has 0 spiro atoms. The number of hydrogen-bond acceptors (Lipinski definition) is 3. The topological polar surface area (TPSA) is 38.3 Å². The SMILES string of the molecule is C[C@@H]1C[C@@H](C(=O)OCc2ccccc2)CN1. The third kappa shape index (κ3) is 2.83. The summed E-state index contributed by atoms with van der Waals surface area (Å²) in [7, 11) is 0. The van der Waals surface area contributed by atoms with Crippen molar-refractivity contribution in [1.82, 2.24) is 5.32 Å². The highest BCUT2D eigenvalue weighted by Crippen LogP contribution is 2.15. The quantitative estimate of drug-likeness (QED) is 0.787. The molecule has 1 fully saturated rings. The number of carbonyl (C=O) groups excluding carboxylic acids is 1. The minimum atomic E-state index is -0.0827. The maximum Gasteiger partial charge on any atom is 0.310 e. The molecule has 1 aromatic carbocycles. The van der Waals surface area contributed by atoms with Gasteiger partial charge in [0.2, 0.25) is 0 Å². The number of nitrogens with one attached hydrogen (secondary N) is 1. The number of ether oxygens (including phenoxy) is 1. The molecule has 0 bridgehead atoms. The van der Waals surface area contributed by atoms with Crippen molar-refractivity contribution in [3.05, 3.63) is 35.9 Å². The van der Waals surface area contributed by atoms with Crippen LogP contribution in [0.15, 0.2) is 30.3 Å². The maximum atomic E-state index is 11.7. The van der Waals surface area contributed by atoms with Gasteiger partial charge in [0.05, 0.1) is 5.92 Å². The molecule has 0 unspecified atom stereocenters. The lowest BCUT2D eigenvalue weighted by Crippen LogP contribution is -2.20. The predicted molar refractivity (Wildman–Crippen MR) is 61.8 cm³/mol. The Balaban J connectivity index is 1.80. The summed E-state index contributed by atoms with van der Waals surface area (Å²) in [6, 6.07) is 10.2. The van der Waals surface area contributed by atoms with Crippen LogP contribution in [0, 0.1) is 5.92 Å². The van der Waals surface area contributed by atoms with Gasteiger partial charge in [0.1, 0.15) is 6.61 Å². The van der Waals surface area contributed by atoms with Crippen LogP contribution in [0.25, 0.3) is 0 Å². The monoisotopic (exact) mass is 219 g/mol. The van der Waals surface area contributed by atoms with Crippen molar-refractivity contribution in [2.75, 3.05) is 6.54 Å². The summed E-state index contributed by atoms with van der Waals surface area (Å²) in [6.07, 6.45) is 0.883. The van der Waals surface area contributed by atoms with Crippen LogP contribution in [0.5, 0.6) is 0 Å². The zero-order chi connectivity index (χ0) is 11.4.